The topological polar surface area (TPSA) is 55.3 Å². The van der Waals surface area contributed by atoms with Gasteiger partial charge in [-0.2, -0.15) is 0 Å². The molecule has 0 unspecified atom stereocenters. The van der Waals surface area contributed by atoms with Crippen LogP contribution in [0.1, 0.15) is 29.8 Å². The fourth-order valence-corrected chi connectivity index (χ4v) is 2.86. The van der Waals surface area contributed by atoms with Crippen molar-refractivity contribution in [1.82, 2.24) is 15.1 Å². The van der Waals surface area contributed by atoms with Gasteiger partial charge in [-0.3, -0.25) is 4.79 Å². The second-order valence-corrected chi connectivity index (χ2v) is 4.75. The molecule has 1 saturated heterocycles. The molecule has 2 fully saturated rings. The Labute approximate surface area is 99.8 Å². The summed E-state index contributed by atoms with van der Waals surface area (Å²) in [6.07, 6.45) is 3.57. The summed E-state index contributed by atoms with van der Waals surface area (Å²) >= 11 is 0. The maximum absolute atomic E-state index is 12.2. The van der Waals surface area contributed by atoms with Crippen molar-refractivity contribution in [1.29, 1.82) is 0 Å². The quantitative estimate of drug-likeness (QED) is 0.767. The molecule has 1 amide bonds. The van der Waals surface area contributed by atoms with E-state index in [-0.39, 0.29) is 5.91 Å². The predicted molar refractivity (Wildman–Crippen MR) is 60.7 cm³/mol. The number of fused-ring (bicyclic) bond motifs is 2. The second-order valence-electron chi connectivity index (χ2n) is 4.75. The predicted octanol–water partition coefficient (Wildman–Crippen LogP) is 1.11. The van der Waals surface area contributed by atoms with Gasteiger partial charge in [0.05, 0.1) is 7.11 Å². The van der Waals surface area contributed by atoms with E-state index >= 15 is 0 Å². The van der Waals surface area contributed by atoms with Crippen molar-refractivity contribution in [2.45, 2.75) is 25.3 Å². The lowest BCUT2D eigenvalue weighted by Crippen LogP contribution is -2.38. The molecule has 3 rings (SSSR count). The molecular formula is C12H15N3O2. The van der Waals surface area contributed by atoms with Crippen LogP contribution in [0.25, 0.3) is 0 Å². The van der Waals surface area contributed by atoms with Gasteiger partial charge in [-0.25, -0.2) is 0 Å². The first-order chi connectivity index (χ1) is 8.28. The van der Waals surface area contributed by atoms with Crippen molar-refractivity contribution in [2.75, 3.05) is 13.7 Å². The monoisotopic (exact) mass is 233 g/mol. The highest BCUT2D eigenvalue weighted by Crippen LogP contribution is 2.37. The van der Waals surface area contributed by atoms with Crippen LogP contribution in [0.15, 0.2) is 12.1 Å². The largest absolute Gasteiger partial charge is 0.480 e. The Morgan fingerprint density at radius 3 is 2.82 bits per heavy atom. The smallest absolute Gasteiger partial charge is 0.274 e. The third kappa shape index (κ3) is 1.75. The molecule has 0 spiro atoms. The molecule has 2 aliphatic rings. The second kappa shape index (κ2) is 3.98. The summed E-state index contributed by atoms with van der Waals surface area (Å²) in [6, 6.07) is 3.78. The number of nitrogens with zero attached hydrogens (tertiary/aromatic N) is 3. The standard InChI is InChI=1S/C12H15N3O2/c1-17-11-5-4-10(13-14-11)12(16)15-7-8-2-3-9(15)6-8/h4-5,8-9H,2-3,6-7H2,1H3/t8-,9+/m1/s1. The molecule has 5 heteroatoms. The van der Waals surface area contributed by atoms with Crippen LogP contribution in [-0.2, 0) is 0 Å². The number of likely N-dealkylation sites (tertiary alicyclic amines) is 1. The Morgan fingerprint density at radius 2 is 2.29 bits per heavy atom. The van der Waals surface area contributed by atoms with Crippen LogP contribution in [0, 0.1) is 5.92 Å². The molecule has 0 aromatic carbocycles. The number of rotatable bonds is 2. The third-order valence-electron chi connectivity index (χ3n) is 3.74. The summed E-state index contributed by atoms with van der Waals surface area (Å²) in [4.78, 5) is 14.2. The number of hydrogen-bond donors (Lipinski definition) is 0. The van der Waals surface area contributed by atoms with Gasteiger partial charge in [0.2, 0.25) is 5.88 Å². The summed E-state index contributed by atoms with van der Waals surface area (Å²) < 4.78 is 4.93. The highest BCUT2D eigenvalue weighted by Gasteiger charge is 2.40. The normalized spacial score (nSPS) is 26.3. The van der Waals surface area contributed by atoms with Gasteiger partial charge in [0, 0.05) is 18.7 Å². The average molecular weight is 233 g/mol. The summed E-state index contributed by atoms with van der Waals surface area (Å²) in [5.74, 6) is 1.15. The summed E-state index contributed by atoms with van der Waals surface area (Å²) in [5.41, 5.74) is 0.415. The molecule has 17 heavy (non-hydrogen) atoms. The molecule has 90 valence electrons. The summed E-state index contributed by atoms with van der Waals surface area (Å²) in [5, 5.41) is 7.74. The van der Waals surface area contributed by atoms with Gasteiger partial charge in [-0.1, -0.05) is 0 Å². The van der Waals surface area contributed by atoms with E-state index in [2.05, 4.69) is 10.2 Å². The van der Waals surface area contributed by atoms with E-state index in [9.17, 15) is 4.79 Å². The van der Waals surface area contributed by atoms with Gasteiger partial charge >= 0.3 is 0 Å². The van der Waals surface area contributed by atoms with E-state index in [0.717, 1.165) is 19.4 Å². The van der Waals surface area contributed by atoms with Crippen LogP contribution in [0.4, 0.5) is 0 Å². The lowest BCUT2D eigenvalue weighted by atomic mass is 10.1. The zero-order chi connectivity index (χ0) is 11.8. The van der Waals surface area contributed by atoms with Crippen molar-refractivity contribution in [3.8, 4) is 5.88 Å². The average Bonchev–Trinajstić information content (AvgIpc) is 3.00. The van der Waals surface area contributed by atoms with E-state index in [0.29, 0.717) is 23.5 Å². The van der Waals surface area contributed by atoms with Crippen molar-refractivity contribution in [2.24, 2.45) is 5.92 Å². The van der Waals surface area contributed by atoms with Gasteiger partial charge in [0.1, 0.15) is 0 Å². The Hall–Kier alpha value is -1.65. The lowest BCUT2D eigenvalue weighted by Gasteiger charge is -2.26. The van der Waals surface area contributed by atoms with E-state index in [1.165, 1.54) is 13.5 Å². The molecule has 1 aliphatic heterocycles. The van der Waals surface area contributed by atoms with Crippen LogP contribution in [0.2, 0.25) is 0 Å². The van der Waals surface area contributed by atoms with Gasteiger partial charge in [-0.15, -0.1) is 10.2 Å². The molecule has 1 aromatic heterocycles. The van der Waals surface area contributed by atoms with E-state index in [4.69, 9.17) is 4.74 Å². The Bertz CT molecular complexity index is 432. The van der Waals surface area contributed by atoms with Crippen LogP contribution in [0.3, 0.4) is 0 Å². The minimum absolute atomic E-state index is 0.00681. The van der Waals surface area contributed by atoms with E-state index < -0.39 is 0 Å². The molecule has 2 bridgehead atoms. The maximum Gasteiger partial charge on any atom is 0.274 e. The SMILES string of the molecule is COc1ccc(C(=O)N2C[C@@H]3CC[C@H]2C3)nn1. The zero-order valence-corrected chi connectivity index (χ0v) is 9.80. The first-order valence-electron chi connectivity index (χ1n) is 5.96. The highest BCUT2D eigenvalue weighted by molar-refractivity contribution is 5.92. The van der Waals surface area contributed by atoms with Crippen LogP contribution >= 0.6 is 0 Å². The maximum atomic E-state index is 12.2. The number of piperidine rings is 1. The van der Waals surface area contributed by atoms with E-state index in [1.54, 1.807) is 12.1 Å². The lowest BCUT2D eigenvalue weighted by molar-refractivity contribution is 0.0696. The number of carbonyl (C=O) groups is 1. The number of methoxy groups -OCH3 is 1. The van der Waals surface area contributed by atoms with Crippen LogP contribution in [0.5, 0.6) is 5.88 Å². The molecule has 5 nitrogen and oxygen atoms in total. The van der Waals surface area contributed by atoms with Crippen molar-refractivity contribution in [3.63, 3.8) is 0 Å². The summed E-state index contributed by atoms with van der Waals surface area (Å²) in [7, 11) is 1.53. The first-order valence-corrected chi connectivity index (χ1v) is 5.96. The number of carbonyl (C=O) groups excluding carboxylic acids is 1. The van der Waals surface area contributed by atoms with Crippen molar-refractivity contribution in [3.05, 3.63) is 17.8 Å². The van der Waals surface area contributed by atoms with Crippen molar-refractivity contribution >= 4 is 5.91 Å². The van der Waals surface area contributed by atoms with E-state index in [1.807, 2.05) is 4.90 Å². The van der Waals surface area contributed by atoms with Gasteiger partial charge < -0.3 is 9.64 Å². The fraction of sp³-hybridized carbons (Fsp3) is 0.583. The molecule has 1 saturated carbocycles. The zero-order valence-electron chi connectivity index (χ0n) is 9.80. The summed E-state index contributed by atoms with van der Waals surface area (Å²) in [6.45, 7) is 0.886. The Balaban J connectivity index is 1.77. The molecule has 1 aliphatic carbocycles. The molecular weight excluding hydrogens is 218 g/mol. The Morgan fingerprint density at radius 1 is 1.41 bits per heavy atom. The number of aromatic nitrogens is 2. The number of hydrogen-bond acceptors (Lipinski definition) is 4. The molecule has 2 atom stereocenters. The number of amides is 1. The van der Waals surface area contributed by atoms with Gasteiger partial charge in [0.15, 0.2) is 5.69 Å². The molecule has 0 radical (unpaired) electrons. The minimum atomic E-state index is 0.00681. The number of ether oxygens (including phenoxy) is 1. The minimum Gasteiger partial charge on any atom is -0.480 e. The highest BCUT2D eigenvalue weighted by atomic mass is 16.5. The van der Waals surface area contributed by atoms with Crippen LogP contribution < -0.4 is 4.74 Å². The molecule has 1 aromatic rings. The third-order valence-corrected chi connectivity index (χ3v) is 3.74. The molecule has 2 heterocycles. The Kier molecular flexibility index (Phi) is 2.46. The fourth-order valence-electron chi connectivity index (χ4n) is 2.86. The molecule has 0 N–H and O–H groups in total. The van der Waals surface area contributed by atoms with Gasteiger partial charge in [-0.05, 0) is 31.2 Å². The van der Waals surface area contributed by atoms with Crippen molar-refractivity contribution < 1.29 is 9.53 Å². The van der Waals surface area contributed by atoms with Gasteiger partial charge in [0.25, 0.3) is 5.91 Å². The van der Waals surface area contributed by atoms with Crippen LogP contribution in [-0.4, -0.2) is 40.7 Å². The first kappa shape index (κ1) is 10.5.